The summed E-state index contributed by atoms with van der Waals surface area (Å²) in [6, 6.07) is 18.2. The summed E-state index contributed by atoms with van der Waals surface area (Å²) >= 11 is 12.5. The van der Waals surface area contributed by atoms with E-state index in [1.807, 2.05) is 6.07 Å². The second kappa shape index (κ2) is 13.0. The molecule has 1 unspecified atom stereocenters. The molecule has 41 heavy (non-hydrogen) atoms. The fourth-order valence-electron chi connectivity index (χ4n) is 5.37. The third kappa shape index (κ3) is 6.91. The van der Waals surface area contributed by atoms with E-state index in [1.165, 1.54) is 48.9 Å². The van der Waals surface area contributed by atoms with Crippen LogP contribution in [0.3, 0.4) is 0 Å². The van der Waals surface area contributed by atoms with Crippen LogP contribution in [0, 0.1) is 5.92 Å². The molecule has 1 atom stereocenters. The van der Waals surface area contributed by atoms with Gasteiger partial charge in [-0.15, -0.1) is 0 Å². The summed E-state index contributed by atoms with van der Waals surface area (Å²) in [4.78, 5) is 4.13. The zero-order chi connectivity index (χ0) is 29.0. The predicted molar refractivity (Wildman–Crippen MR) is 161 cm³/mol. The first kappa shape index (κ1) is 30.3. The summed E-state index contributed by atoms with van der Waals surface area (Å²) < 4.78 is 62.0. The van der Waals surface area contributed by atoms with Gasteiger partial charge < -0.3 is 9.64 Å². The molecule has 0 spiro atoms. The van der Waals surface area contributed by atoms with E-state index < -0.39 is 20.0 Å². The molecule has 220 valence electrons. The molecule has 3 aromatic rings. The van der Waals surface area contributed by atoms with Gasteiger partial charge in [-0.25, -0.2) is 0 Å². The number of hydrogen-bond acceptors (Lipinski definition) is 7. The molecule has 0 N–H and O–H groups in total. The van der Waals surface area contributed by atoms with Crippen molar-refractivity contribution in [3.8, 4) is 0 Å². The number of benzene rings is 3. The van der Waals surface area contributed by atoms with Gasteiger partial charge in [-0.2, -0.15) is 20.5 Å². The molecular weight excluding hydrogens is 605 g/mol. The highest BCUT2D eigenvalue weighted by atomic mass is 35.5. The van der Waals surface area contributed by atoms with Crippen LogP contribution in [0.25, 0.3) is 0 Å². The average Bonchev–Trinajstić information content (AvgIpc) is 2.95. The number of rotatable bonds is 9. The molecule has 0 bridgehead atoms. The van der Waals surface area contributed by atoms with Gasteiger partial charge in [-0.3, -0.25) is 4.90 Å². The lowest BCUT2D eigenvalue weighted by Crippen LogP contribution is -2.48. The van der Waals surface area contributed by atoms with Crippen molar-refractivity contribution in [2.45, 2.75) is 29.2 Å². The standard InChI is InChI=1S/C29H33Cl2N3O5S2/c30-26-10-1-3-12-28(26)40(35,36)34(41(37,38)29-13-4-2-11-27(29)31)25-9-5-7-23(19-25)20-32-14-16-33(17-15-32)21-24-8-6-18-39-22-24/h1-5,7,9-13,19,24H,6,8,14-18,20-22H2. The number of sulfonamides is 2. The first-order chi connectivity index (χ1) is 19.7. The van der Waals surface area contributed by atoms with Gasteiger partial charge in [0.2, 0.25) is 0 Å². The van der Waals surface area contributed by atoms with E-state index in [1.54, 1.807) is 24.3 Å². The van der Waals surface area contributed by atoms with Crippen LogP contribution < -0.4 is 3.71 Å². The average molecular weight is 639 g/mol. The minimum Gasteiger partial charge on any atom is -0.381 e. The van der Waals surface area contributed by atoms with E-state index in [9.17, 15) is 16.8 Å². The third-order valence-corrected chi connectivity index (χ3v) is 12.6. The maximum Gasteiger partial charge on any atom is 0.279 e. The highest BCUT2D eigenvalue weighted by Gasteiger charge is 2.39. The van der Waals surface area contributed by atoms with Gasteiger partial charge in [0.25, 0.3) is 20.0 Å². The van der Waals surface area contributed by atoms with Crippen molar-refractivity contribution in [3.63, 3.8) is 0 Å². The molecule has 2 fully saturated rings. The van der Waals surface area contributed by atoms with Crippen molar-refractivity contribution in [2.75, 3.05) is 49.6 Å². The summed E-state index contributed by atoms with van der Waals surface area (Å²) in [7, 11) is -9.31. The Hall–Kier alpha value is -2.18. The Morgan fingerprint density at radius 3 is 1.93 bits per heavy atom. The number of piperazine rings is 1. The number of nitrogens with zero attached hydrogens (tertiary/aromatic N) is 3. The smallest absolute Gasteiger partial charge is 0.279 e. The van der Waals surface area contributed by atoms with Gasteiger partial charge in [0.05, 0.1) is 22.3 Å². The van der Waals surface area contributed by atoms with Crippen LogP contribution in [0.2, 0.25) is 10.0 Å². The molecule has 2 aliphatic rings. The quantitative estimate of drug-likeness (QED) is 0.322. The van der Waals surface area contributed by atoms with E-state index >= 15 is 0 Å². The molecule has 0 aromatic heterocycles. The number of halogens is 2. The number of hydrogen-bond donors (Lipinski definition) is 0. The minimum atomic E-state index is -4.65. The maximum absolute atomic E-state index is 14.0. The van der Waals surface area contributed by atoms with Crippen molar-refractivity contribution >= 4 is 48.9 Å². The Balaban J connectivity index is 1.41. The molecule has 0 aliphatic carbocycles. The Morgan fingerprint density at radius 1 is 0.780 bits per heavy atom. The highest BCUT2D eigenvalue weighted by molar-refractivity contribution is 8.10. The van der Waals surface area contributed by atoms with Gasteiger partial charge in [0.1, 0.15) is 9.79 Å². The molecule has 0 radical (unpaired) electrons. The predicted octanol–water partition coefficient (Wildman–Crippen LogP) is 5.12. The molecule has 0 saturated carbocycles. The van der Waals surface area contributed by atoms with Gasteiger partial charge in [-0.05, 0) is 60.7 Å². The van der Waals surface area contributed by atoms with Crippen LogP contribution in [-0.2, 0) is 31.3 Å². The maximum atomic E-state index is 14.0. The molecule has 3 aromatic carbocycles. The lowest BCUT2D eigenvalue weighted by molar-refractivity contribution is 0.0279. The van der Waals surface area contributed by atoms with Crippen LogP contribution in [0.5, 0.6) is 0 Å². The fourth-order valence-corrected chi connectivity index (χ4v) is 10.0. The van der Waals surface area contributed by atoms with E-state index in [0.29, 0.717) is 16.2 Å². The molecule has 12 heteroatoms. The molecule has 2 saturated heterocycles. The van der Waals surface area contributed by atoms with Crippen LogP contribution in [0.4, 0.5) is 5.69 Å². The van der Waals surface area contributed by atoms with Crippen molar-refractivity contribution in [1.29, 1.82) is 0 Å². The van der Waals surface area contributed by atoms with E-state index in [2.05, 4.69) is 9.80 Å². The molecular formula is C29H33Cl2N3O5S2. The van der Waals surface area contributed by atoms with E-state index in [0.717, 1.165) is 57.9 Å². The lowest BCUT2D eigenvalue weighted by Gasteiger charge is -2.37. The second-order valence-corrected chi connectivity index (χ2v) is 15.0. The zero-order valence-electron chi connectivity index (χ0n) is 22.5. The fraction of sp³-hybridized carbons (Fsp3) is 0.379. The highest BCUT2D eigenvalue weighted by Crippen LogP contribution is 2.36. The normalized spacial score (nSPS) is 19.2. The lowest BCUT2D eigenvalue weighted by atomic mass is 10.0. The first-order valence-corrected chi connectivity index (χ1v) is 17.2. The number of ether oxygens (including phenoxy) is 1. The Bertz CT molecular complexity index is 1500. The van der Waals surface area contributed by atoms with E-state index in [-0.39, 0.29) is 25.5 Å². The molecule has 0 amide bonds. The van der Waals surface area contributed by atoms with Crippen LogP contribution >= 0.6 is 23.2 Å². The van der Waals surface area contributed by atoms with Crippen molar-refractivity contribution < 1.29 is 21.6 Å². The SMILES string of the molecule is O=S(=O)(c1ccccc1Cl)N(c1cccc(CN2CCN(CC3CCCOC3)CC2)c1)S(=O)(=O)c1ccccc1Cl. The molecule has 8 nitrogen and oxygen atoms in total. The van der Waals surface area contributed by atoms with Gasteiger partial charge in [0, 0.05) is 45.9 Å². The van der Waals surface area contributed by atoms with Crippen LogP contribution in [-0.4, -0.2) is 72.6 Å². The molecule has 2 heterocycles. The third-order valence-electron chi connectivity index (χ3n) is 7.43. The molecule has 5 rings (SSSR count). The summed E-state index contributed by atoms with van der Waals surface area (Å²) in [5.41, 5.74) is 0.781. The Kier molecular flexibility index (Phi) is 9.60. The van der Waals surface area contributed by atoms with Crippen molar-refractivity contribution in [1.82, 2.24) is 9.80 Å². The zero-order valence-corrected chi connectivity index (χ0v) is 25.7. The largest absolute Gasteiger partial charge is 0.381 e. The first-order valence-electron chi connectivity index (χ1n) is 13.6. The van der Waals surface area contributed by atoms with Crippen molar-refractivity contribution in [3.05, 3.63) is 88.4 Å². The second-order valence-electron chi connectivity index (χ2n) is 10.4. The summed E-state index contributed by atoms with van der Waals surface area (Å²) in [6.45, 7) is 6.87. The topological polar surface area (TPSA) is 87.2 Å². The minimum absolute atomic E-state index is 0.0155. The van der Waals surface area contributed by atoms with Crippen LogP contribution in [0.15, 0.2) is 82.6 Å². The van der Waals surface area contributed by atoms with Gasteiger partial charge in [0.15, 0.2) is 0 Å². The summed E-state index contributed by atoms with van der Waals surface area (Å²) in [5, 5.41) is -0.165. The summed E-state index contributed by atoms with van der Waals surface area (Å²) in [6.07, 6.45) is 2.33. The van der Waals surface area contributed by atoms with Crippen LogP contribution in [0.1, 0.15) is 18.4 Å². The van der Waals surface area contributed by atoms with Gasteiger partial charge >= 0.3 is 0 Å². The Morgan fingerprint density at radius 2 is 1.37 bits per heavy atom. The Labute approximate surface area is 252 Å². The van der Waals surface area contributed by atoms with Crippen molar-refractivity contribution in [2.24, 2.45) is 5.92 Å². The number of anilines is 1. The van der Waals surface area contributed by atoms with E-state index in [4.69, 9.17) is 27.9 Å². The van der Waals surface area contributed by atoms with Gasteiger partial charge in [-0.1, -0.05) is 59.6 Å². The monoisotopic (exact) mass is 637 g/mol. The summed E-state index contributed by atoms with van der Waals surface area (Å²) in [5.74, 6) is 0.582. The molecule has 2 aliphatic heterocycles.